The minimum atomic E-state index is -0.569. The molecule has 9 heteroatoms. The van der Waals surface area contributed by atoms with Gasteiger partial charge in [-0.15, -0.1) is 0 Å². The topological polar surface area (TPSA) is 80.0 Å². The van der Waals surface area contributed by atoms with Gasteiger partial charge in [0.2, 0.25) is 5.95 Å². The van der Waals surface area contributed by atoms with Crippen LogP contribution in [0.15, 0.2) is 36.7 Å². The summed E-state index contributed by atoms with van der Waals surface area (Å²) in [6.07, 6.45) is 3.88. The first kappa shape index (κ1) is 18.7. The van der Waals surface area contributed by atoms with Gasteiger partial charge in [-0.05, 0) is 38.5 Å². The molecule has 2 aromatic heterocycles. The first-order valence-electron chi connectivity index (χ1n) is 10.0. The molecule has 0 bridgehead atoms. The highest BCUT2D eigenvalue weighted by Crippen LogP contribution is 2.36. The highest BCUT2D eigenvalue weighted by Gasteiger charge is 2.45. The number of hydrogen-bond acceptors (Lipinski definition) is 6. The Balaban J connectivity index is 1.41. The van der Waals surface area contributed by atoms with Gasteiger partial charge in [0.25, 0.3) is 5.91 Å². The standard InChI is InChI=1S/C21H22FN7O/c1-13-10-14(2)26-21(25-13)28-11-15-6-9-27(12-18(15)28)20(30)19-16(22)4-3-5-17(19)29-23-7-8-24-29/h3-5,7-8,10,15,18H,6,9,11-12H2,1-2H3. The second kappa shape index (κ2) is 7.16. The number of hydrogen-bond donors (Lipinski definition) is 0. The number of halogens is 1. The molecule has 154 valence electrons. The van der Waals surface area contributed by atoms with Crippen LogP contribution in [0.1, 0.15) is 28.2 Å². The Hall–Kier alpha value is -3.36. The van der Waals surface area contributed by atoms with Crippen LogP contribution < -0.4 is 4.90 Å². The number of aromatic nitrogens is 5. The number of carbonyl (C=O) groups excluding carboxylic acids is 1. The Kier molecular flexibility index (Phi) is 4.45. The minimum absolute atomic E-state index is 0.000624. The molecule has 8 nitrogen and oxygen atoms in total. The molecule has 3 aromatic rings. The van der Waals surface area contributed by atoms with E-state index in [0.717, 1.165) is 24.4 Å². The first-order chi connectivity index (χ1) is 14.5. The molecule has 0 spiro atoms. The zero-order valence-electron chi connectivity index (χ0n) is 16.9. The normalized spacial score (nSPS) is 20.6. The summed E-state index contributed by atoms with van der Waals surface area (Å²) in [5.74, 6) is 0.286. The van der Waals surface area contributed by atoms with Crippen LogP contribution >= 0.6 is 0 Å². The number of rotatable bonds is 3. The van der Waals surface area contributed by atoms with E-state index in [9.17, 15) is 9.18 Å². The molecule has 2 atom stereocenters. The smallest absolute Gasteiger partial charge is 0.259 e. The van der Waals surface area contributed by atoms with Gasteiger partial charge in [-0.2, -0.15) is 15.0 Å². The summed E-state index contributed by atoms with van der Waals surface area (Å²) in [6.45, 7) is 5.91. The molecule has 2 unspecified atom stereocenters. The molecule has 2 aliphatic heterocycles. The molecule has 0 N–H and O–H groups in total. The monoisotopic (exact) mass is 407 g/mol. The lowest BCUT2D eigenvalue weighted by atomic mass is 9.82. The molecule has 2 saturated heterocycles. The van der Waals surface area contributed by atoms with E-state index in [-0.39, 0.29) is 17.5 Å². The third-order valence-corrected chi connectivity index (χ3v) is 5.91. The maximum atomic E-state index is 14.7. The van der Waals surface area contributed by atoms with Crippen molar-refractivity contribution >= 4 is 11.9 Å². The second-order valence-electron chi connectivity index (χ2n) is 7.92. The maximum absolute atomic E-state index is 14.7. The van der Waals surface area contributed by atoms with E-state index in [2.05, 4.69) is 25.1 Å². The first-order valence-corrected chi connectivity index (χ1v) is 10.0. The van der Waals surface area contributed by atoms with Crippen LogP contribution in [0.5, 0.6) is 0 Å². The molecule has 0 saturated carbocycles. The summed E-state index contributed by atoms with van der Waals surface area (Å²) in [7, 11) is 0. The molecule has 30 heavy (non-hydrogen) atoms. The van der Waals surface area contributed by atoms with Crippen molar-refractivity contribution in [2.75, 3.05) is 24.5 Å². The quantitative estimate of drug-likeness (QED) is 0.662. The summed E-state index contributed by atoms with van der Waals surface area (Å²) in [4.78, 5) is 27.6. The number of anilines is 1. The van der Waals surface area contributed by atoms with Crippen LogP contribution in [0.2, 0.25) is 0 Å². The van der Waals surface area contributed by atoms with Gasteiger partial charge in [0, 0.05) is 36.9 Å². The highest BCUT2D eigenvalue weighted by molar-refractivity contribution is 5.98. The van der Waals surface area contributed by atoms with Crippen molar-refractivity contribution in [3.05, 3.63) is 59.4 Å². The van der Waals surface area contributed by atoms with Crippen molar-refractivity contribution in [3.63, 3.8) is 0 Å². The molecule has 1 aromatic carbocycles. The average molecular weight is 407 g/mol. The number of aryl methyl sites for hydroxylation is 2. The van der Waals surface area contributed by atoms with Crippen molar-refractivity contribution in [1.29, 1.82) is 0 Å². The van der Waals surface area contributed by atoms with E-state index in [0.29, 0.717) is 30.6 Å². The second-order valence-corrected chi connectivity index (χ2v) is 7.92. The number of amides is 1. The largest absolute Gasteiger partial charge is 0.336 e. The SMILES string of the molecule is Cc1cc(C)nc(N2CC3CCN(C(=O)c4c(F)cccc4-n4nccn4)CC32)n1. The van der Waals surface area contributed by atoms with Crippen LogP contribution in [0.3, 0.4) is 0 Å². The van der Waals surface area contributed by atoms with Gasteiger partial charge in [0.15, 0.2) is 0 Å². The lowest BCUT2D eigenvalue weighted by Gasteiger charge is -2.53. The summed E-state index contributed by atoms with van der Waals surface area (Å²) >= 11 is 0. The van der Waals surface area contributed by atoms with E-state index in [1.807, 2.05) is 19.9 Å². The molecule has 0 radical (unpaired) electrons. The van der Waals surface area contributed by atoms with Crippen molar-refractivity contribution in [2.24, 2.45) is 5.92 Å². The summed E-state index contributed by atoms with van der Waals surface area (Å²) < 4.78 is 14.7. The average Bonchev–Trinajstić information content (AvgIpc) is 3.22. The third kappa shape index (κ3) is 3.10. The number of benzene rings is 1. The number of fused-ring (bicyclic) bond motifs is 1. The Morgan fingerprint density at radius 1 is 1.10 bits per heavy atom. The van der Waals surface area contributed by atoms with Gasteiger partial charge < -0.3 is 9.80 Å². The van der Waals surface area contributed by atoms with Gasteiger partial charge in [-0.25, -0.2) is 14.4 Å². The Morgan fingerprint density at radius 2 is 1.83 bits per heavy atom. The molecule has 2 aliphatic rings. The lowest BCUT2D eigenvalue weighted by Crippen LogP contribution is -2.65. The molecular weight excluding hydrogens is 385 g/mol. The van der Waals surface area contributed by atoms with E-state index in [1.165, 1.54) is 23.3 Å². The van der Waals surface area contributed by atoms with E-state index in [4.69, 9.17) is 0 Å². The number of nitrogens with zero attached hydrogens (tertiary/aromatic N) is 7. The summed E-state index contributed by atoms with van der Waals surface area (Å²) in [6, 6.07) is 6.60. The van der Waals surface area contributed by atoms with Gasteiger partial charge in [-0.3, -0.25) is 4.79 Å². The van der Waals surface area contributed by atoms with E-state index < -0.39 is 5.82 Å². The van der Waals surface area contributed by atoms with Gasteiger partial charge >= 0.3 is 0 Å². The third-order valence-electron chi connectivity index (χ3n) is 5.91. The molecule has 5 rings (SSSR count). The van der Waals surface area contributed by atoms with Crippen LogP contribution in [-0.4, -0.2) is 61.4 Å². The van der Waals surface area contributed by atoms with Crippen molar-refractivity contribution in [3.8, 4) is 5.69 Å². The minimum Gasteiger partial charge on any atom is -0.336 e. The number of piperidine rings is 1. The molecule has 2 fully saturated rings. The number of likely N-dealkylation sites (tertiary alicyclic amines) is 1. The molecule has 0 aliphatic carbocycles. The van der Waals surface area contributed by atoms with Crippen molar-refractivity contribution < 1.29 is 9.18 Å². The van der Waals surface area contributed by atoms with Crippen molar-refractivity contribution in [2.45, 2.75) is 26.3 Å². The fourth-order valence-corrected chi connectivity index (χ4v) is 4.44. The molecule has 4 heterocycles. The Bertz CT molecular complexity index is 1080. The van der Waals surface area contributed by atoms with E-state index in [1.54, 1.807) is 17.0 Å². The summed E-state index contributed by atoms with van der Waals surface area (Å²) in [5.41, 5.74) is 2.19. The fourth-order valence-electron chi connectivity index (χ4n) is 4.44. The van der Waals surface area contributed by atoms with Crippen LogP contribution in [-0.2, 0) is 0 Å². The van der Waals surface area contributed by atoms with Crippen LogP contribution in [0.4, 0.5) is 10.3 Å². The highest BCUT2D eigenvalue weighted by atomic mass is 19.1. The maximum Gasteiger partial charge on any atom is 0.259 e. The zero-order valence-corrected chi connectivity index (χ0v) is 16.9. The predicted molar refractivity (Wildman–Crippen MR) is 108 cm³/mol. The van der Waals surface area contributed by atoms with Gasteiger partial charge in [0.1, 0.15) is 17.1 Å². The van der Waals surface area contributed by atoms with Gasteiger partial charge in [-0.1, -0.05) is 6.07 Å². The lowest BCUT2D eigenvalue weighted by molar-refractivity contribution is 0.0584. The van der Waals surface area contributed by atoms with Crippen LogP contribution in [0.25, 0.3) is 5.69 Å². The fraction of sp³-hybridized carbons (Fsp3) is 0.381. The van der Waals surface area contributed by atoms with Gasteiger partial charge in [0.05, 0.1) is 18.4 Å². The van der Waals surface area contributed by atoms with Crippen LogP contribution in [0, 0.1) is 25.6 Å². The zero-order chi connectivity index (χ0) is 20.8. The molecular formula is C21H22FN7O. The number of carbonyl (C=O) groups is 1. The molecule has 1 amide bonds. The predicted octanol–water partition coefficient (Wildman–Crippen LogP) is 2.16. The summed E-state index contributed by atoms with van der Waals surface area (Å²) in [5, 5.41) is 8.13. The van der Waals surface area contributed by atoms with Crippen molar-refractivity contribution in [1.82, 2.24) is 29.9 Å². The van der Waals surface area contributed by atoms with E-state index >= 15 is 0 Å². The Morgan fingerprint density at radius 3 is 2.57 bits per heavy atom. The Labute approximate surface area is 173 Å².